The molecule has 1 fully saturated rings. The largest absolute Gasteiger partial charge is 0.353 e. The van der Waals surface area contributed by atoms with Crippen LogP contribution in [-0.4, -0.2) is 18.5 Å². The van der Waals surface area contributed by atoms with Gasteiger partial charge in [-0.1, -0.05) is 50.1 Å². The van der Waals surface area contributed by atoms with Gasteiger partial charge >= 0.3 is 0 Å². The van der Waals surface area contributed by atoms with E-state index in [-0.39, 0.29) is 11.8 Å². The topological polar surface area (TPSA) is 55.1 Å². The Hall–Kier alpha value is -1.35. The van der Waals surface area contributed by atoms with Crippen LogP contribution < -0.4 is 11.1 Å². The van der Waals surface area contributed by atoms with Gasteiger partial charge in [0.05, 0.1) is 0 Å². The molecule has 1 amide bonds. The van der Waals surface area contributed by atoms with Crippen molar-refractivity contribution >= 4 is 5.91 Å². The van der Waals surface area contributed by atoms with Crippen LogP contribution in [0, 0.1) is 11.8 Å². The molecule has 0 aliphatic heterocycles. The van der Waals surface area contributed by atoms with Crippen molar-refractivity contribution < 1.29 is 4.79 Å². The lowest BCUT2D eigenvalue weighted by molar-refractivity contribution is -0.125. The zero-order valence-electron chi connectivity index (χ0n) is 12.3. The van der Waals surface area contributed by atoms with Crippen LogP contribution in [0.15, 0.2) is 30.3 Å². The van der Waals surface area contributed by atoms with Crippen LogP contribution in [0.5, 0.6) is 0 Å². The average molecular weight is 274 g/mol. The number of nitrogens with one attached hydrogen (secondary N) is 1. The summed E-state index contributed by atoms with van der Waals surface area (Å²) in [6.45, 7) is 2.31. The van der Waals surface area contributed by atoms with Crippen LogP contribution in [0.3, 0.4) is 0 Å². The fraction of sp³-hybridized carbons (Fsp3) is 0.588. The highest BCUT2D eigenvalue weighted by molar-refractivity contribution is 5.78. The van der Waals surface area contributed by atoms with E-state index in [1.54, 1.807) is 0 Å². The highest BCUT2D eigenvalue weighted by Gasteiger charge is 2.27. The second-order valence-corrected chi connectivity index (χ2v) is 5.99. The lowest BCUT2D eigenvalue weighted by Crippen LogP contribution is -2.46. The highest BCUT2D eigenvalue weighted by atomic mass is 16.1. The zero-order valence-corrected chi connectivity index (χ0v) is 12.3. The summed E-state index contributed by atoms with van der Waals surface area (Å²) < 4.78 is 0. The van der Waals surface area contributed by atoms with E-state index in [2.05, 4.69) is 29.6 Å². The van der Waals surface area contributed by atoms with Gasteiger partial charge in [0.25, 0.3) is 0 Å². The number of benzene rings is 1. The molecule has 3 N–H and O–H groups in total. The average Bonchev–Trinajstić information content (AvgIpc) is 2.49. The van der Waals surface area contributed by atoms with Crippen molar-refractivity contribution in [3.8, 4) is 0 Å². The molecular weight excluding hydrogens is 248 g/mol. The Labute approximate surface area is 121 Å². The molecule has 1 saturated carbocycles. The third-order valence-corrected chi connectivity index (χ3v) is 4.38. The minimum Gasteiger partial charge on any atom is -0.353 e. The van der Waals surface area contributed by atoms with Crippen molar-refractivity contribution in [1.82, 2.24) is 5.32 Å². The van der Waals surface area contributed by atoms with Gasteiger partial charge in [-0.25, -0.2) is 0 Å². The van der Waals surface area contributed by atoms with Gasteiger partial charge in [-0.05, 0) is 30.7 Å². The predicted octanol–water partition coefficient (Wildman–Crippen LogP) is 2.50. The van der Waals surface area contributed by atoms with Crippen LogP contribution in [0.2, 0.25) is 0 Å². The second kappa shape index (κ2) is 7.44. The summed E-state index contributed by atoms with van der Waals surface area (Å²) in [5.74, 6) is 0.576. The zero-order chi connectivity index (χ0) is 14.4. The van der Waals surface area contributed by atoms with Gasteiger partial charge < -0.3 is 11.1 Å². The minimum absolute atomic E-state index is 0.0886. The third-order valence-electron chi connectivity index (χ3n) is 4.38. The monoisotopic (exact) mass is 274 g/mol. The summed E-state index contributed by atoms with van der Waals surface area (Å²) in [5.41, 5.74) is 6.94. The van der Waals surface area contributed by atoms with Crippen LogP contribution in [-0.2, 0) is 11.2 Å². The molecule has 3 heteroatoms. The Morgan fingerprint density at radius 3 is 2.70 bits per heavy atom. The van der Waals surface area contributed by atoms with Crippen LogP contribution in [0.1, 0.15) is 38.2 Å². The molecule has 0 saturated heterocycles. The first-order valence-electron chi connectivity index (χ1n) is 7.75. The molecule has 0 radical (unpaired) electrons. The van der Waals surface area contributed by atoms with E-state index < -0.39 is 0 Å². The Morgan fingerprint density at radius 2 is 2.00 bits per heavy atom. The van der Waals surface area contributed by atoms with Crippen molar-refractivity contribution in [1.29, 1.82) is 0 Å². The Bertz CT molecular complexity index is 418. The fourth-order valence-electron chi connectivity index (χ4n) is 2.99. The van der Waals surface area contributed by atoms with E-state index in [9.17, 15) is 4.79 Å². The number of hydrogen-bond donors (Lipinski definition) is 2. The van der Waals surface area contributed by atoms with E-state index >= 15 is 0 Å². The summed E-state index contributed by atoms with van der Waals surface area (Å²) in [7, 11) is 0. The Balaban J connectivity index is 1.96. The Morgan fingerprint density at radius 1 is 1.30 bits per heavy atom. The maximum atomic E-state index is 12.0. The minimum atomic E-state index is -0.0886. The molecule has 0 aromatic heterocycles. The molecule has 0 heterocycles. The van der Waals surface area contributed by atoms with Crippen molar-refractivity contribution in [3.05, 3.63) is 35.9 Å². The maximum absolute atomic E-state index is 12.0. The predicted molar refractivity (Wildman–Crippen MR) is 82.3 cm³/mol. The standard InChI is InChI=1S/C17H26N2O/c1-13(12-18)17(20)19-16-10-6-5-9-15(16)11-14-7-3-2-4-8-14/h2-4,7-8,13,15-16H,5-6,9-12,18H2,1H3,(H,19,20). The summed E-state index contributed by atoms with van der Waals surface area (Å²) in [6.07, 6.45) is 5.85. The van der Waals surface area contributed by atoms with E-state index in [1.807, 2.05) is 13.0 Å². The first-order valence-corrected chi connectivity index (χ1v) is 7.75. The Kier molecular flexibility index (Phi) is 5.60. The van der Waals surface area contributed by atoms with Crippen molar-refractivity contribution in [2.24, 2.45) is 17.6 Å². The molecule has 1 aromatic carbocycles. The normalized spacial score (nSPS) is 24.1. The van der Waals surface area contributed by atoms with Crippen molar-refractivity contribution in [3.63, 3.8) is 0 Å². The summed E-state index contributed by atoms with van der Waals surface area (Å²) >= 11 is 0. The van der Waals surface area contributed by atoms with E-state index in [1.165, 1.54) is 24.8 Å². The van der Waals surface area contributed by atoms with Gasteiger partial charge in [-0.3, -0.25) is 4.79 Å². The van der Waals surface area contributed by atoms with Gasteiger partial charge in [-0.15, -0.1) is 0 Å². The molecule has 3 unspecified atom stereocenters. The SMILES string of the molecule is CC(CN)C(=O)NC1CCCCC1Cc1ccccc1. The third kappa shape index (κ3) is 4.07. The number of carbonyl (C=O) groups is 1. The van der Waals surface area contributed by atoms with Crippen LogP contribution in [0.4, 0.5) is 0 Å². The number of amides is 1. The van der Waals surface area contributed by atoms with Crippen LogP contribution in [0.25, 0.3) is 0 Å². The quantitative estimate of drug-likeness (QED) is 0.866. The van der Waals surface area contributed by atoms with E-state index in [0.717, 1.165) is 12.8 Å². The van der Waals surface area contributed by atoms with Gasteiger partial charge in [0, 0.05) is 18.5 Å². The highest BCUT2D eigenvalue weighted by Crippen LogP contribution is 2.27. The van der Waals surface area contributed by atoms with Crippen molar-refractivity contribution in [2.75, 3.05) is 6.54 Å². The molecule has 1 aromatic rings. The summed E-state index contributed by atoms with van der Waals surface area (Å²) in [4.78, 5) is 12.0. The number of rotatable bonds is 5. The molecule has 110 valence electrons. The van der Waals surface area contributed by atoms with Gasteiger partial charge in [0.15, 0.2) is 0 Å². The molecule has 0 bridgehead atoms. The number of nitrogens with two attached hydrogens (primary N) is 1. The smallest absolute Gasteiger partial charge is 0.224 e. The first kappa shape index (κ1) is 15.0. The van der Waals surface area contributed by atoms with Gasteiger partial charge in [0.2, 0.25) is 5.91 Å². The molecule has 3 nitrogen and oxygen atoms in total. The summed E-state index contributed by atoms with van der Waals surface area (Å²) in [5, 5.41) is 3.22. The van der Waals surface area contributed by atoms with E-state index in [0.29, 0.717) is 18.5 Å². The maximum Gasteiger partial charge on any atom is 0.224 e. The van der Waals surface area contributed by atoms with Gasteiger partial charge in [-0.2, -0.15) is 0 Å². The van der Waals surface area contributed by atoms with E-state index in [4.69, 9.17) is 5.73 Å². The lowest BCUT2D eigenvalue weighted by Gasteiger charge is -2.33. The van der Waals surface area contributed by atoms with Gasteiger partial charge in [0.1, 0.15) is 0 Å². The molecule has 3 atom stereocenters. The molecule has 0 spiro atoms. The molecule has 1 aliphatic rings. The van der Waals surface area contributed by atoms with Crippen molar-refractivity contribution in [2.45, 2.75) is 45.1 Å². The van der Waals surface area contributed by atoms with Crippen LogP contribution >= 0.6 is 0 Å². The number of carbonyl (C=O) groups excluding carboxylic acids is 1. The second-order valence-electron chi connectivity index (χ2n) is 5.99. The lowest BCUT2D eigenvalue weighted by atomic mass is 9.80. The molecular formula is C17H26N2O. The fourth-order valence-corrected chi connectivity index (χ4v) is 2.99. The number of hydrogen-bond acceptors (Lipinski definition) is 2. The molecule has 2 rings (SSSR count). The molecule has 20 heavy (non-hydrogen) atoms. The summed E-state index contributed by atoms with van der Waals surface area (Å²) in [6, 6.07) is 10.9. The molecule has 1 aliphatic carbocycles. The first-order chi connectivity index (χ1) is 9.70.